The van der Waals surface area contributed by atoms with Crippen molar-refractivity contribution in [3.63, 3.8) is 0 Å². The first-order valence-electron chi connectivity index (χ1n) is 7.99. The third-order valence-electron chi connectivity index (χ3n) is 3.96. The van der Waals surface area contributed by atoms with E-state index >= 15 is 0 Å². The first-order chi connectivity index (χ1) is 11.7. The number of carbonyl (C=O) groups is 2. The van der Waals surface area contributed by atoms with Crippen molar-refractivity contribution in [1.29, 1.82) is 0 Å². The van der Waals surface area contributed by atoms with E-state index in [2.05, 4.69) is 5.32 Å². The molecule has 122 valence electrons. The third kappa shape index (κ3) is 4.10. The second-order valence-electron chi connectivity index (χ2n) is 5.79. The molecular weight excluding hydrogens is 302 g/mol. The molecule has 1 amide bonds. The Kier molecular flexibility index (Phi) is 5.06. The van der Waals surface area contributed by atoms with E-state index in [0.29, 0.717) is 17.7 Å². The van der Waals surface area contributed by atoms with Gasteiger partial charge in [-0.25, -0.2) is 4.79 Å². The topological polar surface area (TPSA) is 55.4 Å². The highest BCUT2D eigenvalue weighted by Crippen LogP contribution is 2.19. The Hall–Kier alpha value is -2.88. The van der Waals surface area contributed by atoms with Crippen LogP contribution in [0.1, 0.15) is 27.1 Å². The van der Waals surface area contributed by atoms with E-state index in [4.69, 9.17) is 4.74 Å². The van der Waals surface area contributed by atoms with Crippen LogP contribution in [0.3, 0.4) is 0 Å². The second kappa shape index (κ2) is 7.59. The highest BCUT2D eigenvalue weighted by molar-refractivity contribution is 5.94. The molecule has 1 aliphatic rings. The number of ether oxygens (including phenoxy) is 1. The molecule has 1 N–H and O–H groups in total. The fourth-order valence-electron chi connectivity index (χ4n) is 2.69. The number of carbonyl (C=O) groups excluding carboxylic acids is 2. The number of amides is 1. The molecule has 24 heavy (non-hydrogen) atoms. The Balaban J connectivity index is 1.45. The molecular formula is C20H19NO3. The highest BCUT2D eigenvalue weighted by Gasteiger charge is 2.22. The highest BCUT2D eigenvalue weighted by atomic mass is 16.5. The quantitative estimate of drug-likeness (QED) is 0.679. The number of hydrogen-bond donors (Lipinski definition) is 1. The maximum absolute atomic E-state index is 12.1. The Morgan fingerprint density at radius 3 is 2.21 bits per heavy atom. The first kappa shape index (κ1) is 16.0. The van der Waals surface area contributed by atoms with Crippen molar-refractivity contribution in [2.24, 2.45) is 5.92 Å². The van der Waals surface area contributed by atoms with Crippen LogP contribution in [0.25, 0.3) is 0 Å². The van der Waals surface area contributed by atoms with Crippen molar-refractivity contribution in [1.82, 2.24) is 5.32 Å². The van der Waals surface area contributed by atoms with Gasteiger partial charge < -0.3 is 10.1 Å². The number of esters is 1. The van der Waals surface area contributed by atoms with Gasteiger partial charge in [0.2, 0.25) is 0 Å². The molecule has 4 nitrogen and oxygen atoms in total. The maximum atomic E-state index is 12.1. The van der Waals surface area contributed by atoms with Gasteiger partial charge in [-0.05, 0) is 30.7 Å². The number of nitrogens with one attached hydrogen (secondary N) is 1. The average Bonchev–Trinajstić information content (AvgIpc) is 3.08. The molecule has 0 saturated heterocycles. The van der Waals surface area contributed by atoms with Crippen molar-refractivity contribution in [3.8, 4) is 0 Å². The van der Waals surface area contributed by atoms with Crippen molar-refractivity contribution < 1.29 is 14.3 Å². The summed E-state index contributed by atoms with van der Waals surface area (Å²) >= 11 is 0. The van der Waals surface area contributed by atoms with Gasteiger partial charge >= 0.3 is 5.97 Å². The van der Waals surface area contributed by atoms with Gasteiger partial charge in [0.1, 0.15) is 0 Å². The van der Waals surface area contributed by atoms with Crippen LogP contribution >= 0.6 is 0 Å². The lowest BCUT2D eigenvalue weighted by molar-refractivity contribution is 0.0460. The van der Waals surface area contributed by atoms with Crippen molar-refractivity contribution in [2.45, 2.75) is 12.5 Å². The Morgan fingerprint density at radius 1 is 0.917 bits per heavy atom. The van der Waals surface area contributed by atoms with Gasteiger partial charge in [-0.2, -0.15) is 0 Å². The van der Waals surface area contributed by atoms with Crippen LogP contribution in [0.5, 0.6) is 0 Å². The molecule has 0 fully saturated rings. The zero-order chi connectivity index (χ0) is 16.8. The number of benzene rings is 2. The van der Waals surface area contributed by atoms with Crippen LogP contribution in [-0.4, -0.2) is 24.5 Å². The minimum atomic E-state index is -0.319. The molecule has 2 aromatic carbocycles. The summed E-state index contributed by atoms with van der Waals surface area (Å²) in [6.07, 6.45) is 4.69. The van der Waals surface area contributed by atoms with Gasteiger partial charge in [-0.15, -0.1) is 0 Å². The molecule has 0 heterocycles. The maximum Gasteiger partial charge on any atom is 0.338 e. The van der Waals surface area contributed by atoms with Gasteiger partial charge in [0, 0.05) is 17.5 Å². The lowest BCUT2D eigenvalue weighted by Gasteiger charge is -2.14. The van der Waals surface area contributed by atoms with Crippen LogP contribution < -0.4 is 5.32 Å². The lowest BCUT2D eigenvalue weighted by Crippen LogP contribution is -2.33. The zero-order valence-corrected chi connectivity index (χ0v) is 13.2. The van der Waals surface area contributed by atoms with Gasteiger partial charge in [-0.3, -0.25) is 4.79 Å². The van der Waals surface area contributed by atoms with Gasteiger partial charge in [0.05, 0.1) is 12.2 Å². The Morgan fingerprint density at radius 2 is 1.54 bits per heavy atom. The SMILES string of the molecule is O=C(N[C@H]1C=C[C@@H](COC(=O)c2ccccc2)C1)c1ccccc1. The largest absolute Gasteiger partial charge is 0.461 e. The summed E-state index contributed by atoms with van der Waals surface area (Å²) in [4.78, 5) is 24.1. The molecule has 2 aromatic rings. The van der Waals surface area contributed by atoms with Crippen LogP contribution in [0, 0.1) is 5.92 Å². The number of rotatable bonds is 5. The van der Waals surface area contributed by atoms with E-state index in [1.165, 1.54) is 0 Å². The van der Waals surface area contributed by atoms with Gasteiger partial charge in [-0.1, -0.05) is 48.6 Å². The van der Waals surface area contributed by atoms with Crippen molar-refractivity contribution in [2.75, 3.05) is 6.61 Å². The molecule has 0 radical (unpaired) electrons. The molecule has 1 aliphatic carbocycles. The predicted molar refractivity (Wildman–Crippen MR) is 91.7 cm³/mol. The molecule has 0 aliphatic heterocycles. The van der Waals surface area contributed by atoms with Crippen LogP contribution in [-0.2, 0) is 4.74 Å². The Labute approximate surface area is 141 Å². The third-order valence-corrected chi connectivity index (χ3v) is 3.96. The van der Waals surface area contributed by atoms with Crippen LogP contribution in [0.4, 0.5) is 0 Å². The molecule has 3 rings (SSSR count). The molecule has 0 bridgehead atoms. The molecule has 2 atom stereocenters. The predicted octanol–water partition coefficient (Wildman–Crippen LogP) is 3.22. The summed E-state index contributed by atoms with van der Waals surface area (Å²) in [6, 6.07) is 18.0. The van der Waals surface area contributed by atoms with Crippen molar-refractivity contribution >= 4 is 11.9 Å². The molecule has 0 saturated carbocycles. The zero-order valence-electron chi connectivity index (χ0n) is 13.2. The smallest absolute Gasteiger partial charge is 0.338 e. The monoisotopic (exact) mass is 321 g/mol. The number of hydrogen-bond acceptors (Lipinski definition) is 3. The first-order valence-corrected chi connectivity index (χ1v) is 7.99. The minimum absolute atomic E-state index is 0.0295. The second-order valence-corrected chi connectivity index (χ2v) is 5.79. The molecule has 0 unspecified atom stereocenters. The average molecular weight is 321 g/mol. The normalized spacial score (nSPS) is 19.0. The van der Waals surface area contributed by atoms with E-state index in [-0.39, 0.29) is 23.8 Å². The molecule has 4 heteroatoms. The molecule has 0 aromatic heterocycles. The summed E-state index contributed by atoms with van der Waals surface area (Å²) < 4.78 is 5.35. The van der Waals surface area contributed by atoms with E-state index in [0.717, 1.165) is 6.42 Å². The van der Waals surface area contributed by atoms with E-state index < -0.39 is 0 Å². The Bertz CT molecular complexity index is 725. The summed E-state index contributed by atoms with van der Waals surface area (Å²) in [7, 11) is 0. The van der Waals surface area contributed by atoms with Crippen LogP contribution in [0.2, 0.25) is 0 Å². The summed E-state index contributed by atoms with van der Waals surface area (Å²) in [5, 5.41) is 2.98. The van der Waals surface area contributed by atoms with Gasteiger partial charge in [0.25, 0.3) is 5.91 Å². The summed E-state index contributed by atoms with van der Waals surface area (Å²) in [6.45, 7) is 0.321. The van der Waals surface area contributed by atoms with Crippen LogP contribution in [0.15, 0.2) is 72.8 Å². The van der Waals surface area contributed by atoms with E-state index in [1.54, 1.807) is 36.4 Å². The fraction of sp³-hybridized carbons (Fsp3) is 0.200. The van der Waals surface area contributed by atoms with Crippen molar-refractivity contribution in [3.05, 3.63) is 83.9 Å². The van der Waals surface area contributed by atoms with E-state index in [9.17, 15) is 9.59 Å². The summed E-state index contributed by atoms with van der Waals surface area (Å²) in [5.74, 6) is -0.285. The summed E-state index contributed by atoms with van der Waals surface area (Å²) in [5.41, 5.74) is 1.19. The minimum Gasteiger partial charge on any atom is -0.461 e. The standard InChI is InChI=1S/C20H19NO3/c22-19(16-7-3-1-4-8-16)21-18-12-11-15(13-18)14-24-20(23)17-9-5-2-6-10-17/h1-12,15,18H,13-14H2,(H,21,22)/t15-,18+/m1/s1. The van der Waals surface area contributed by atoms with Gasteiger partial charge in [0.15, 0.2) is 0 Å². The van der Waals surface area contributed by atoms with E-state index in [1.807, 2.05) is 36.4 Å². The fourth-order valence-corrected chi connectivity index (χ4v) is 2.69. The lowest BCUT2D eigenvalue weighted by atomic mass is 10.1. The molecule has 0 spiro atoms.